The number of carbonyl (C=O) groups is 2. The highest BCUT2D eigenvalue weighted by Gasteiger charge is 2.22. The Morgan fingerprint density at radius 1 is 1.31 bits per heavy atom. The predicted molar refractivity (Wildman–Crippen MR) is 100 cm³/mol. The van der Waals surface area contributed by atoms with Gasteiger partial charge in [0.25, 0.3) is 5.91 Å². The Morgan fingerprint density at radius 2 is 2.15 bits per heavy atom. The van der Waals surface area contributed by atoms with Crippen molar-refractivity contribution in [1.29, 1.82) is 0 Å². The molecule has 1 atom stereocenters. The fourth-order valence-electron chi connectivity index (χ4n) is 2.95. The van der Waals surface area contributed by atoms with Crippen LogP contribution in [-0.4, -0.2) is 31.1 Å². The lowest BCUT2D eigenvalue weighted by molar-refractivity contribution is 0.0945. The topological polar surface area (TPSA) is 96.2 Å². The largest absolute Gasteiger partial charge is 0.351 e. The van der Waals surface area contributed by atoms with Gasteiger partial charge in [-0.05, 0) is 49.6 Å². The number of thiophene rings is 1. The maximum absolute atomic E-state index is 13.3. The lowest BCUT2D eigenvalue weighted by Crippen LogP contribution is -2.36. The SMILES string of the molecule is NC(=O)Nc1cc(CCc2cccc(F)c2)sc1C(=O)NC1CCNC1. The molecule has 6 nitrogen and oxygen atoms in total. The summed E-state index contributed by atoms with van der Waals surface area (Å²) < 4.78 is 13.3. The van der Waals surface area contributed by atoms with Crippen molar-refractivity contribution in [3.8, 4) is 0 Å². The van der Waals surface area contributed by atoms with Crippen LogP contribution in [0.5, 0.6) is 0 Å². The summed E-state index contributed by atoms with van der Waals surface area (Å²) in [6, 6.07) is 7.57. The van der Waals surface area contributed by atoms with E-state index in [1.165, 1.54) is 23.5 Å². The summed E-state index contributed by atoms with van der Waals surface area (Å²) in [5.74, 6) is -0.487. The summed E-state index contributed by atoms with van der Waals surface area (Å²) in [4.78, 5) is 25.2. The smallest absolute Gasteiger partial charge is 0.316 e. The number of hydrogen-bond donors (Lipinski definition) is 4. The number of primary amides is 1. The number of hydrogen-bond acceptors (Lipinski definition) is 4. The van der Waals surface area contributed by atoms with Gasteiger partial charge in [0.1, 0.15) is 10.7 Å². The minimum atomic E-state index is -0.712. The quantitative estimate of drug-likeness (QED) is 0.623. The second kappa shape index (κ2) is 8.29. The molecule has 1 fully saturated rings. The Labute approximate surface area is 155 Å². The number of aryl methyl sites for hydroxylation is 2. The fraction of sp³-hybridized carbons (Fsp3) is 0.333. The third kappa shape index (κ3) is 4.80. The number of anilines is 1. The molecule has 26 heavy (non-hydrogen) atoms. The van der Waals surface area contributed by atoms with Crippen molar-refractivity contribution in [2.75, 3.05) is 18.4 Å². The van der Waals surface area contributed by atoms with Crippen LogP contribution in [0, 0.1) is 5.82 Å². The van der Waals surface area contributed by atoms with Gasteiger partial charge in [-0.3, -0.25) is 4.79 Å². The summed E-state index contributed by atoms with van der Waals surface area (Å²) in [6.07, 6.45) is 2.16. The zero-order valence-electron chi connectivity index (χ0n) is 14.2. The molecule has 1 aromatic heterocycles. The first-order chi connectivity index (χ1) is 12.5. The van der Waals surface area contributed by atoms with Crippen molar-refractivity contribution < 1.29 is 14.0 Å². The molecule has 0 bridgehead atoms. The van der Waals surface area contributed by atoms with E-state index in [1.807, 2.05) is 6.07 Å². The van der Waals surface area contributed by atoms with E-state index in [-0.39, 0.29) is 17.8 Å². The zero-order chi connectivity index (χ0) is 18.5. The Hall–Kier alpha value is -2.45. The molecule has 138 valence electrons. The second-order valence-electron chi connectivity index (χ2n) is 6.24. The highest BCUT2D eigenvalue weighted by Crippen LogP contribution is 2.28. The van der Waals surface area contributed by atoms with Gasteiger partial charge in [0.15, 0.2) is 0 Å². The molecule has 1 saturated heterocycles. The molecule has 1 aliphatic rings. The van der Waals surface area contributed by atoms with Gasteiger partial charge >= 0.3 is 6.03 Å². The second-order valence-corrected chi connectivity index (χ2v) is 7.37. The van der Waals surface area contributed by atoms with Gasteiger partial charge in [-0.15, -0.1) is 11.3 Å². The first kappa shape index (κ1) is 18.3. The van der Waals surface area contributed by atoms with Crippen molar-refractivity contribution in [2.45, 2.75) is 25.3 Å². The van der Waals surface area contributed by atoms with Crippen LogP contribution in [0.25, 0.3) is 0 Å². The summed E-state index contributed by atoms with van der Waals surface area (Å²) in [7, 11) is 0. The number of carbonyl (C=O) groups excluding carboxylic acids is 2. The van der Waals surface area contributed by atoms with Crippen LogP contribution in [0.2, 0.25) is 0 Å². The number of halogens is 1. The average molecular weight is 376 g/mol. The minimum Gasteiger partial charge on any atom is -0.351 e. The van der Waals surface area contributed by atoms with E-state index in [0.29, 0.717) is 23.4 Å². The lowest BCUT2D eigenvalue weighted by atomic mass is 10.1. The van der Waals surface area contributed by atoms with Gasteiger partial charge in [-0.1, -0.05) is 12.1 Å². The summed E-state index contributed by atoms with van der Waals surface area (Å²) in [5, 5.41) is 8.68. The van der Waals surface area contributed by atoms with E-state index in [9.17, 15) is 14.0 Å². The predicted octanol–water partition coefficient (Wildman–Crippen LogP) is 2.25. The van der Waals surface area contributed by atoms with E-state index in [0.717, 1.165) is 30.0 Å². The molecule has 1 aliphatic heterocycles. The molecule has 3 amide bonds. The third-order valence-electron chi connectivity index (χ3n) is 4.19. The zero-order valence-corrected chi connectivity index (χ0v) is 15.0. The van der Waals surface area contributed by atoms with Gasteiger partial charge in [-0.2, -0.15) is 0 Å². The first-order valence-corrected chi connectivity index (χ1v) is 9.28. The minimum absolute atomic E-state index is 0.0850. The van der Waals surface area contributed by atoms with Gasteiger partial charge < -0.3 is 21.7 Å². The van der Waals surface area contributed by atoms with Crippen LogP contribution in [0.4, 0.5) is 14.9 Å². The van der Waals surface area contributed by atoms with Crippen LogP contribution in [0.15, 0.2) is 30.3 Å². The van der Waals surface area contributed by atoms with E-state index >= 15 is 0 Å². The van der Waals surface area contributed by atoms with Crippen LogP contribution in [0.1, 0.15) is 26.5 Å². The third-order valence-corrected chi connectivity index (χ3v) is 5.39. The van der Waals surface area contributed by atoms with Crippen molar-refractivity contribution in [3.63, 3.8) is 0 Å². The van der Waals surface area contributed by atoms with E-state index in [4.69, 9.17) is 5.73 Å². The van der Waals surface area contributed by atoms with Crippen molar-refractivity contribution >= 4 is 29.0 Å². The molecule has 1 unspecified atom stereocenters. The number of benzene rings is 1. The number of nitrogens with one attached hydrogen (secondary N) is 3. The molecule has 2 heterocycles. The Kier molecular flexibility index (Phi) is 5.85. The van der Waals surface area contributed by atoms with Gasteiger partial charge in [-0.25, -0.2) is 9.18 Å². The van der Waals surface area contributed by atoms with Crippen LogP contribution in [-0.2, 0) is 12.8 Å². The monoisotopic (exact) mass is 376 g/mol. The van der Waals surface area contributed by atoms with Crippen LogP contribution >= 0.6 is 11.3 Å². The average Bonchev–Trinajstić information content (AvgIpc) is 3.22. The molecule has 1 aromatic carbocycles. The molecular weight excluding hydrogens is 355 g/mol. The number of nitrogens with two attached hydrogens (primary N) is 1. The van der Waals surface area contributed by atoms with Crippen molar-refractivity contribution in [2.24, 2.45) is 5.73 Å². The number of urea groups is 1. The Morgan fingerprint density at radius 3 is 2.85 bits per heavy atom. The molecule has 2 aromatic rings. The summed E-state index contributed by atoms with van der Waals surface area (Å²) in [5.41, 5.74) is 6.52. The van der Waals surface area contributed by atoms with Gasteiger partial charge in [0.2, 0.25) is 0 Å². The van der Waals surface area contributed by atoms with Gasteiger partial charge in [0, 0.05) is 17.5 Å². The maximum atomic E-state index is 13.3. The normalized spacial score (nSPS) is 16.4. The molecule has 0 radical (unpaired) electrons. The van der Waals surface area contributed by atoms with E-state index < -0.39 is 6.03 Å². The summed E-state index contributed by atoms with van der Waals surface area (Å²) in [6.45, 7) is 1.61. The highest BCUT2D eigenvalue weighted by molar-refractivity contribution is 7.14. The number of amides is 3. The maximum Gasteiger partial charge on any atom is 0.316 e. The lowest BCUT2D eigenvalue weighted by Gasteiger charge is -2.11. The van der Waals surface area contributed by atoms with Crippen LogP contribution in [0.3, 0.4) is 0 Å². The van der Waals surface area contributed by atoms with Gasteiger partial charge in [0.05, 0.1) is 5.69 Å². The summed E-state index contributed by atoms with van der Waals surface area (Å²) >= 11 is 1.32. The number of rotatable bonds is 6. The molecule has 0 saturated carbocycles. The fourth-order valence-corrected chi connectivity index (χ4v) is 3.96. The van der Waals surface area contributed by atoms with E-state index in [2.05, 4.69) is 16.0 Å². The molecule has 8 heteroatoms. The molecule has 0 spiro atoms. The first-order valence-electron chi connectivity index (χ1n) is 8.46. The van der Waals surface area contributed by atoms with Crippen LogP contribution < -0.4 is 21.7 Å². The standard InChI is InChI=1S/C18H21FN4O2S/c19-12-3-1-2-11(8-12)4-5-14-9-15(23-18(20)25)16(26-14)17(24)22-13-6-7-21-10-13/h1-3,8-9,13,21H,4-7,10H2,(H,22,24)(H3,20,23,25). The molecule has 0 aliphatic carbocycles. The highest BCUT2D eigenvalue weighted by atomic mass is 32.1. The Balaban J connectivity index is 1.72. The molecule has 5 N–H and O–H groups in total. The van der Waals surface area contributed by atoms with Crippen molar-refractivity contribution in [3.05, 3.63) is 51.5 Å². The molecular formula is C18H21FN4O2S. The Bertz CT molecular complexity index is 802. The molecule has 3 rings (SSSR count). The van der Waals surface area contributed by atoms with Crippen molar-refractivity contribution in [1.82, 2.24) is 10.6 Å². The van der Waals surface area contributed by atoms with E-state index in [1.54, 1.807) is 12.1 Å².